The Morgan fingerprint density at radius 2 is 1.88 bits per heavy atom. The first-order valence-electron chi connectivity index (χ1n) is 9.98. The number of halogens is 2. The number of amides is 3. The second-order valence-corrected chi connectivity index (χ2v) is 9.38. The lowest BCUT2D eigenvalue weighted by atomic mass is 10.2. The number of carbonyl (C=O) groups excluding carboxylic acids is 3. The molecular formula is C24H19BrFN3O3S. The number of aryl methyl sites for hydroxylation is 1. The maximum Gasteiger partial charge on any atom is 0.294 e. The van der Waals surface area contributed by atoms with E-state index in [1.54, 1.807) is 6.08 Å². The average Bonchev–Trinajstić information content (AvgIpc) is 3.17. The van der Waals surface area contributed by atoms with Crippen LogP contribution >= 0.6 is 27.7 Å². The molecular weight excluding hydrogens is 509 g/mol. The number of aromatic nitrogens is 1. The molecule has 0 bridgehead atoms. The van der Waals surface area contributed by atoms with Crippen LogP contribution in [0, 0.1) is 19.7 Å². The van der Waals surface area contributed by atoms with E-state index in [0.29, 0.717) is 0 Å². The Morgan fingerprint density at radius 3 is 2.61 bits per heavy atom. The summed E-state index contributed by atoms with van der Waals surface area (Å²) >= 11 is 4.27. The second-order valence-electron chi connectivity index (χ2n) is 7.47. The van der Waals surface area contributed by atoms with Gasteiger partial charge in [0, 0.05) is 27.2 Å². The smallest absolute Gasteiger partial charge is 0.294 e. The maximum atomic E-state index is 13.3. The third-order valence-electron chi connectivity index (χ3n) is 5.11. The monoisotopic (exact) mass is 527 g/mol. The first kappa shape index (κ1) is 23.0. The molecule has 3 aromatic rings. The van der Waals surface area contributed by atoms with Gasteiger partial charge >= 0.3 is 0 Å². The lowest BCUT2D eigenvalue weighted by molar-refractivity contribution is -0.127. The fraction of sp³-hybridized carbons (Fsp3) is 0.125. The highest BCUT2D eigenvalue weighted by Gasteiger charge is 2.36. The van der Waals surface area contributed by atoms with Gasteiger partial charge in [0.25, 0.3) is 11.1 Å². The third-order valence-corrected chi connectivity index (χ3v) is 6.51. The van der Waals surface area contributed by atoms with Crippen molar-refractivity contribution in [2.75, 3.05) is 11.9 Å². The zero-order valence-electron chi connectivity index (χ0n) is 17.8. The molecule has 1 N–H and O–H groups in total. The van der Waals surface area contributed by atoms with Gasteiger partial charge in [-0.1, -0.05) is 28.1 Å². The molecule has 6 nitrogen and oxygen atoms in total. The van der Waals surface area contributed by atoms with Gasteiger partial charge in [0.05, 0.1) is 4.91 Å². The quantitative estimate of drug-likeness (QED) is 0.434. The molecule has 1 saturated heterocycles. The van der Waals surface area contributed by atoms with Crippen molar-refractivity contribution in [3.63, 3.8) is 0 Å². The van der Waals surface area contributed by atoms with Crippen LogP contribution in [0.5, 0.6) is 0 Å². The van der Waals surface area contributed by atoms with E-state index < -0.39 is 29.4 Å². The molecule has 1 fully saturated rings. The number of rotatable bonds is 5. The van der Waals surface area contributed by atoms with Gasteiger partial charge in [0.2, 0.25) is 5.91 Å². The molecule has 0 unspecified atom stereocenters. The number of hydrogen-bond donors (Lipinski definition) is 1. The largest absolute Gasteiger partial charge is 0.324 e. The van der Waals surface area contributed by atoms with Crippen LogP contribution in [0.4, 0.5) is 14.9 Å². The number of hydrogen-bond acceptors (Lipinski definition) is 4. The highest BCUT2D eigenvalue weighted by Crippen LogP contribution is 2.34. The SMILES string of the molecule is Cc1cc(/C=C2/SC(=O)N(CC(=O)Nc3cccc(F)c3)C2=O)c(C)n1-c1cccc(Br)c1. The number of benzene rings is 2. The minimum absolute atomic E-state index is 0.244. The van der Waals surface area contributed by atoms with Crippen molar-refractivity contribution in [3.8, 4) is 5.69 Å². The van der Waals surface area contributed by atoms with E-state index in [9.17, 15) is 18.8 Å². The molecule has 1 aliphatic rings. The topological polar surface area (TPSA) is 71.4 Å². The summed E-state index contributed by atoms with van der Waals surface area (Å²) in [5, 5.41) is 1.97. The van der Waals surface area contributed by atoms with Crippen LogP contribution in [0.15, 0.2) is 64.0 Å². The molecule has 3 amide bonds. The van der Waals surface area contributed by atoms with Crippen LogP contribution in [0.25, 0.3) is 11.8 Å². The molecule has 2 aromatic carbocycles. The fourth-order valence-corrected chi connectivity index (χ4v) is 4.85. The van der Waals surface area contributed by atoms with Crippen LogP contribution in [0.2, 0.25) is 0 Å². The Hall–Kier alpha value is -3.17. The van der Waals surface area contributed by atoms with E-state index in [1.165, 1.54) is 18.2 Å². The summed E-state index contributed by atoms with van der Waals surface area (Å²) in [4.78, 5) is 38.7. The minimum atomic E-state index is -0.586. The van der Waals surface area contributed by atoms with E-state index in [1.807, 2.05) is 44.2 Å². The van der Waals surface area contributed by atoms with Crippen molar-refractivity contribution in [1.82, 2.24) is 9.47 Å². The fourth-order valence-electron chi connectivity index (χ4n) is 3.63. The first-order valence-corrected chi connectivity index (χ1v) is 11.6. The molecule has 2 heterocycles. The van der Waals surface area contributed by atoms with Crippen molar-refractivity contribution >= 4 is 56.5 Å². The summed E-state index contributed by atoms with van der Waals surface area (Å²) in [7, 11) is 0. The van der Waals surface area contributed by atoms with Gasteiger partial charge in [-0.05, 0) is 79.7 Å². The van der Waals surface area contributed by atoms with Crippen LogP contribution in [-0.4, -0.2) is 33.1 Å². The van der Waals surface area contributed by atoms with Gasteiger partial charge < -0.3 is 9.88 Å². The van der Waals surface area contributed by atoms with E-state index in [2.05, 4.69) is 25.8 Å². The molecule has 1 aromatic heterocycles. The van der Waals surface area contributed by atoms with E-state index in [-0.39, 0.29) is 10.6 Å². The predicted molar refractivity (Wildman–Crippen MR) is 131 cm³/mol. The number of carbonyl (C=O) groups is 3. The van der Waals surface area contributed by atoms with Crippen LogP contribution in [0.1, 0.15) is 17.0 Å². The molecule has 168 valence electrons. The number of thioether (sulfide) groups is 1. The Bertz CT molecular complexity index is 1320. The summed E-state index contributed by atoms with van der Waals surface area (Å²) in [5.74, 6) is -1.62. The maximum absolute atomic E-state index is 13.3. The molecule has 33 heavy (non-hydrogen) atoms. The molecule has 0 saturated carbocycles. The summed E-state index contributed by atoms with van der Waals surface area (Å²) in [6.45, 7) is 3.46. The Morgan fingerprint density at radius 1 is 1.12 bits per heavy atom. The van der Waals surface area contributed by atoms with Crippen molar-refractivity contribution in [3.05, 3.63) is 86.7 Å². The Balaban J connectivity index is 1.53. The molecule has 1 aliphatic heterocycles. The van der Waals surface area contributed by atoms with Crippen molar-refractivity contribution in [2.24, 2.45) is 0 Å². The van der Waals surface area contributed by atoms with Gasteiger partial charge in [-0.15, -0.1) is 0 Å². The highest BCUT2D eigenvalue weighted by molar-refractivity contribution is 9.10. The number of anilines is 1. The van der Waals surface area contributed by atoms with Gasteiger partial charge in [-0.2, -0.15) is 0 Å². The van der Waals surface area contributed by atoms with Gasteiger partial charge in [0.15, 0.2) is 0 Å². The third kappa shape index (κ3) is 4.94. The number of nitrogens with zero attached hydrogens (tertiary/aromatic N) is 2. The van der Waals surface area contributed by atoms with E-state index in [0.717, 1.165) is 49.8 Å². The predicted octanol–water partition coefficient (Wildman–Crippen LogP) is 5.67. The summed E-state index contributed by atoms with van der Waals surface area (Å²) < 4.78 is 16.3. The number of imide groups is 1. The van der Waals surface area contributed by atoms with Crippen molar-refractivity contribution in [2.45, 2.75) is 13.8 Å². The molecule has 0 radical (unpaired) electrons. The van der Waals surface area contributed by atoms with Gasteiger partial charge in [-0.3, -0.25) is 19.3 Å². The van der Waals surface area contributed by atoms with Crippen LogP contribution in [-0.2, 0) is 9.59 Å². The first-order chi connectivity index (χ1) is 15.7. The van der Waals surface area contributed by atoms with Crippen molar-refractivity contribution in [1.29, 1.82) is 0 Å². The number of nitrogens with one attached hydrogen (secondary N) is 1. The van der Waals surface area contributed by atoms with Crippen molar-refractivity contribution < 1.29 is 18.8 Å². The Kier molecular flexibility index (Phi) is 6.53. The second kappa shape index (κ2) is 9.36. The van der Waals surface area contributed by atoms with Crippen LogP contribution in [0.3, 0.4) is 0 Å². The van der Waals surface area contributed by atoms with Gasteiger partial charge in [-0.25, -0.2) is 4.39 Å². The summed E-state index contributed by atoms with van der Waals surface area (Å²) in [6.07, 6.45) is 1.67. The molecule has 4 rings (SSSR count). The minimum Gasteiger partial charge on any atom is -0.324 e. The van der Waals surface area contributed by atoms with E-state index >= 15 is 0 Å². The van der Waals surface area contributed by atoms with E-state index in [4.69, 9.17) is 0 Å². The molecule has 0 spiro atoms. The molecule has 0 atom stereocenters. The summed E-state index contributed by atoms with van der Waals surface area (Å²) in [5.41, 5.74) is 3.93. The normalized spacial score (nSPS) is 14.9. The van der Waals surface area contributed by atoms with Crippen LogP contribution < -0.4 is 5.32 Å². The zero-order chi connectivity index (χ0) is 23.7. The summed E-state index contributed by atoms with van der Waals surface area (Å²) in [6, 6.07) is 15.2. The lowest BCUT2D eigenvalue weighted by Crippen LogP contribution is -2.36. The molecule has 9 heteroatoms. The highest BCUT2D eigenvalue weighted by atomic mass is 79.9. The average molecular weight is 528 g/mol. The lowest BCUT2D eigenvalue weighted by Gasteiger charge is -2.12. The zero-order valence-corrected chi connectivity index (χ0v) is 20.2. The molecule has 0 aliphatic carbocycles. The van der Waals surface area contributed by atoms with Gasteiger partial charge in [0.1, 0.15) is 12.4 Å². The standard InChI is InChI=1S/C24H19BrFN3O3S/c1-14-9-16(15(2)29(14)20-8-3-5-17(25)11-20)10-21-23(31)28(24(32)33-21)13-22(30)27-19-7-4-6-18(26)12-19/h3-12H,13H2,1-2H3,(H,27,30)/b21-10+. The Labute approximate surface area is 202 Å².